The fraction of sp³-hybridized carbons (Fsp3) is 0.167. The van der Waals surface area contributed by atoms with Gasteiger partial charge in [-0.2, -0.15) is 0 Å². The number of benzene rings is 1. The van der Waals surface area contributed by atoms with Crippen LogP contribution in [0.2, 0.25) is 0 Å². The van der Waals surface area contributed by atoms with Crippen LogP contribution in [-0.4, -0.2) is 32.1 Å². The standard InChI is InChI=1S/C12H11FN4O4/c13-9-6-11(17(20)21)8(12(18)19)5-10(9)15-2-4-16-3-1-14-7-16/h1,3,5-7,15H,2,4H2,(H,18,19). The summed E-state index contributed by atoms with van der Waals surface area (Å²) in [5.74, 6) is -2.36. The van der Waals surface area contributed by atoms with E-state index in [1.165, 1.54) is 0 Å². The summed E-state index contributed by atoms with van der Waals surface area (Å²) in [5, 5.41) is 22.3. The third kappa shape index (κ3) is 3.32. The molecule has 0 fully saturated rings. The fourth-order valence-corrected chi connectivity index (χ4v) is 1.76. The zero-order valence-corrected chi connectivity index (χ0v) is 10.7. The average Bonchev–Trinajstić information content (AvgIpc) is 2.92. The number of hydrogen-bond donors (Lipinski definition) is 2. The summed E-state index contributed by atoms with van der Waals surface area (Å²) in [6.07, 6.45) is 4.89. The Morgan fingerprint density at radius 3 is 2.86 bits per heavy atom. The Morgan fingerprint density at radius 1 is 1.52 bits per heavy atom. The first kappa shape index (κ1) is 14.4. The monoisotopic (exact) mass is 294 g/mol. The molecule has 0 spiro atoms. The van der Waals surface area contributed by atoms with Gasteiger partial charge in [0.2, 0.25) is 0 Å². The van der Waals surface area contributed by atoms with Gasteiger partial charge in [0.15, 0.2) is 5.82 Å². The number of anilines is 1. The van der Waals surface area contributed by atoms with Crippen molar-refractivity contribution >= 4 is 17.3 Å². The number of carboxylic acid groups (broad SMARTS) is 1. The predicted octanol–water partition coefficient (Wildman–Crippen LogP) is 1.74. The molecule has 110 valence electrons. The third-order valence-corrected chi connectivity index (χ3v) is 2.76. The maximum Gasteiger partial charge on any atom is 0.342 e. The van der Waals surface area contributed by atoms with Crippen molar-refractivity contribution < 1.29 is 19.2 Å². The molecule has 21 heavy (non-hydrogen) atoms. The summed E-state index contributed by atoms with van der Waals surface area (Å²) in [6.45, 7) is 0.795. The van der Waals surface area contributed by atoms with Crippen molar-refractivity contribution in [2.45, 2.75) is 6.54 Å². The van der Waals surface area contributed by atoms with Gasteiger partial charge in [0.25, 0.3) is 5.69 Å². The number of halogens is 1. The smallest absolute Gasteiger partial charge is 0.342 e. The number of imidazole rings is 1. The molecule has 0 atom stereocenters. The van der Waals surface area contributed by atoms with Crippen LogP contribution >= 0.6 is 0 Å². The number of nitro groups is 1. The van der Waals surface area contributed by atoms with Crippen LogP contribution < -0.4 is 5.32 Å². The van der Waals surface area contributed by atoms with Gasteiger partial charge in [-0.15, -0.1) is 0 Å². The van der Waals surface area contributed by atoms with E-state index in [1.54, 1.807) is 23.3 Å². The van der Waals surface area contributed by atoms with Gasteiger partial charge < -0.3 is 15.0 Å². The molecule has 2 aromatic rings. The lowest BCUT2D eigenvalue weighted by molar-refractivity contribution is -0.385. The SMILES string of the molecule is O=C(O)c1cc(NCCn2ccnc2)c(F)cc1[N+](=O)[O-]. The van der Waals surface area contributed by atoms with E-state index in [-0.39, 0.29) is 5.69 Å². The second-order valence-corrected chi connectivity index (χ2v) is 4.14. The van der Waals surface area contributed by atoms with Crippen molar-refractivity contribution in [1.29, 1.82) is 0 Å². The van der Waals surface area contributed by atoms with Gasteiger partial charge in [0.05, 0.1) is 23.0 Å². The number of hydrogen-bond acceptors (Lipinski definition) is 5. The molecule has 0 saturated carbocycles. The van der Waals surface area contributed by atoms with Crippen LogP contribution in [0, 0.1) is 15.9 Å². The minimum Gasteiger partial charge on any atom is -0.477 e. The van der Waals surface area contributed by atoms with Gasteiger partial charge in [-0.05, 0) is 6.07 Å². The number of carbonyl (C=O) groups is 1. The molecular weight excluding hydrogens is 283 g/mol. The van der Waals surface area contributed by atoms with Crippen LogP contribution in [0.5, 0.6) is 0 Å². The van der Waals surface area contributed by atoms with E-state index < -0.39 is 28.0 Å². The summed E-state index contributed by atoms with van der Waals surface area (Å²) >= 11 is 0. The molecular formula is C12H11FN4O4. The topological polar surface area (TPSA) is 110 Å². The molecule has 1 heterocycles. The summed E-state index contributed by atoms with van der Waals surface area (Å²) in [6, 6.07) is 1.52. The van der Waals surface area contributed by atoms with Gasteiger partial charge in [0, 0.05) is 25.5 Å². The Balaban J connectivity index is 2.17. The summed E-state index contributed by atoms with van der Waals surface area (Å²) in [5.41, 5.74) is -1.44. The number of carboxylic acids is 1. The lowest BCUT2D eigenvalue weighted by Crippen LogP contribution is -2.12. The summed E-state index contributed by atoms with van der Waals surface area (Å²) < 4.78 is 15.5. The molecule has 9 heteroatoms. The summed E-state index contributed by atoms with van der Waals surface area (Å²) in [4.78, 5) is 24.6. The molecule has 2 rings (SSSR count). The first-order valence-electron chi connectivity index (χ1n) is 5.90. The van der Waals surface area contributed by atoms with Crippen molar-refractivity contribution in [1.82, 2.24) is 9.55 Å². The fourth-order valence-electron chi connectivity index (χ4n) is 1.76. The predicted molar refractivity (Wildman–Crippen MR) is 70.7 cm³/mol. The molecule has 0 bridgehead atoms. The van der Waals surface area contributed by atoms with E-state index >= 15 is 0 Å². The second-order valence-electron chi connectivity index (χ2n) is 4.14. The highest BCUT2D eigenvalue weighted by atomic mass is 19.1. The lowest BCUT2D eigenvalue weighted by Gasteiger charge is -2.09. The molecule has 8 nitrogen and oxygen atoms in total. The number of aromatic carboxylic acids is 1. The highest BCUT2D eigenvalue weighted by Crippen LogP contribution is 2.26. The normalized spacial score (nSPS) is 10.3. The van der Waals surface area contributed by atoms with E-state index in [2.05, 4.69) is 10.3 Å². The van der Waals surface area contributed by atoms with Crippen LogP contribution in [0.4, 0.5) is 15.8 Å². The highest BCUT2D eigenvalue weighted by Gasteiger charge is 2.23. The van der Waals surface area contributed by atoms with E-state index in [1.807, 2.05) is 0 Å². The largest absolute Gasteiger partial charge is 0.477 e. The molecule has 0 aliphatic rings. The second kappa shape index (κ2) is 5.99. The van der Waals surface area contributed by atoms with E-state index in [0.717, 1.165) is 6.07 Å². The molecule has 1 aromatic heterocycles. The number of nitrogens with one attached hydrogen (secondary N) is 1. The van der Waals surface area contributed by atoms with Crippen molar-refractivity contribution in [3.63, 3.8) is 0 Å². The molecule has 1 aromatic carbocycles. The van der Waals surface area contributed by atoms with Crippen LogP contribution in [0.25, 0.3) is 0 Å². The number of nitrogens with zero attached hydrogens (tertiary/aromatic N) is 3. The Morgan fingerprint density at radius 2 is 2.29 bits per heavy atom. The third-order valence-electron chi connectivity index (χ3n) is 2.76. The van der Waals surface area contributed by atoms with Crippen molar-refractivity contribution in [3.05, 3.63) is 52.3 Å². The lowest BCUT2D eigenvalue weighted by atomic mass is 10.1. The Hall–Kier alpha value is -2.97. The molecule has 0 radical (unpaired) electrons. The minimum atomic E-state index is -1.49. The first-order valence-corrected chi connectivity index (χ1v) is 5.90. The molecule has 2 N–H and O–H groups in total. The van der Waals surface area contributed by atoms with Crippen LogP contribution in [0.1, 0.15) is 10.4 Å². The molecule has 0 amide bonds. The van der Waals surface area contributed by atoms with Crippen molar-refractivity contribution in [3.8, 4) is 0 Å². The van der Waals surface area contributed by atoms with E-state index in [4.69, 9.17) is 5.11 Å². The Labute approximate surface area is 118 Å². The molecule has 0 saturated heterocycles. The first-order chi connectivity index (χ1) is 9.99. The highest BCUT2D eigenvalue weighted by molar-refractivity contribution is 5.93. The quantitative estimate of drug-likeness (QED) is 0.620. The molecule has 0 aliphatic carbocycles. The van der Waals surface area contributed by atoms with Gasteiger partial charge in [-0.1, -0.05) is 0 Å². The van der Waals surface area contributed by atoms with Gasteiger partial charge in [0.1, 0.15) is 5.56 Å². The average molecular weight is 294 g/mol. The molecule has 0 unspecified atom stereocenters. The zero-order chi connectivity index (χ0) is 15.4. The van der Waals surface area contributed by atoms with Crippen LogP contribution in [0.3, 0.4) is 0 Å². The summed E-state index contributed by atoms with van der Waals surface area (Å²) in [7, 11) is 0. The maximum absolute atomic E-state index is 13.7. The zero-order valence-electron chi connectivity index (χ0n) is 10.7. The van der Waals surface area contributed by atoms with Crippen molar-refractivity contribution in [2.75, 3.05) is 11.9 Å². The van der Waals surface area contributed by atoms with Gasteiger partial charge in [-0.3, -0.25) is 10.1 Å². The Bertz CT molecular complexity index is 672. The van der Waals surface area contributed by atoms with E-state index in [9.17, 15) is 19.3 Å². The van der Waals surface area contributed by atoms with Crippen LogP contribution in [0.15, 0.2) is 30.9 Å². The number of nitro benzene ring substituents is 1. The number of rotatable bonds is 6. The molecule has 0 aliphatic heterocycles. The van der Waals surface area contributed by atoms with Crippen LogP contribution in [-0.2, 0) is 6.54 Å². The van der Waals surface area contributed by atoms with Gasteiger partial charge in [-0.25, -0.2) is 14.2 Å². The maximum atomic E-state index is 13.7. The van der Waals surface area contributed by atoms with Crippen molar-refractivity contribution in [2.24, 2.45) is 0 Å². The number of aromatic nitrogens is 2. The van der Waals surface area contributed by atoms with Gasteiger partial charge >= 0.3 is 5.97 Å². The minimum absolute atomic E-state index is 0.0990. The Kier molecular flexibility index (Phi) is 4.12. The van der Waals surface area contributed by atoms with E-state index in [0.29, 0.717) is 19.2 Å².